The maximum absolute atomic E-state index is 12.6. The summed E-state index contributed by atoms with van der Waals surface area (Å²) in [4.78, 5) is 31.1. The van der Waals surface area contributed by atoms with Crippen LogP contribution < -0.4 is 15.5 Å². The number of benzene rings is 1. The number of anilines is 1. The Bertz CT molecular complexity index is 863. The van der Waals surface area contributed by atoms with Crippen molar-refractivity contribution in [2.24, 2.45) is 11.8 Å². The number of para-hydroxylation sites is 1. The van der Waals surface area contributed by atoms with Crippen LogP contribution in [0.4, 0.5) is 5.69 Å². The molecule has 1 fully saturated rings. The van der Waals surface area contributed by atoms with Gasteiger partial charge in [0.05, 0.1) is 0 Å². The molecule has 1 aliphatic carbocycles. The van der Waals surface area contributed by atoms with Gasteiger partial charge >= 0.3 is 0 Å². The molecule has 0 bridgehead atoms. The highest BCUT2D eigenvalue weighted by atomic mass is 16.2. The van der Waals surface area contributed by atoms with Crippen LogP contribution in [-0.2, 0) is 11.2 Å². The van der Waals surface area contributed by atoms with E-state index in [2.05, 4.69) is 44.8 Å². The van der Waals surface area contributed by atoms with Gasteiger partial charge < -0.3 is 15.5 Å². The van der Waals surface area contributed by atoms with Crippen LogP contribution in [0.5, 0.6) is 0 Å². The molecule has 1 aromatic heterocycles. The molecular formula is C24H30N4O2. The summed E-state index contributed by atoms with van der Waals surface area (Å²) in [6.07, 6.45) is 6.44. The van der Waals surface area contributed by atoms with E-state index < -0.39 is 0 Å². The molecule has 30 heavy (non-hydrogen) atoms. The molecule has 1 aromatic carbocycles. The minimum absolute atomic E-state index is 0.0959. The van der Waals surface area contributed by atoms with E-state index in [1.165, 1.54) is 11.3 Å². The lowest BCUT2D eigenvalue weighted by molar-refractivity contribution is -0.126. The van der Waals surface area contributed by atoms with E-state index in [-0.39, 0.29) is 17.7 Å². The van der Waals surface area contributed by atoms with Crippen molar-refractivity contribution in [2.75, 3.05) is 31.1 Å². The summed E-state index contributed by atoms with van der Waals surface area (Å²) in [5, 5.41) is 6.12. The molecule has 0 radical (unpaired) electrons. The largest absolute Gasteiger partial charge is 0.369 e. The number of carbonyl (C=O) groups is 2. The van der Waals surface area contributed by atoms with Crippen molar-refractivity contribution in [2.45, 2.75) is 32.1 Å². The molecule has 1 saturated carbocycles. The van der Waals surface area contributed by atoms with Gasteiger partial charge in [-0.3, -0.25) is 14.6 Å². The second-order valence-electron chi connectivity index (χ2n) is 8.30. The van der Waals surface area contributed by atoms with Crippen molar-refractivity contribution in [3.8, 4) is 0 Å². The molecule has 2 amide bonds. The number of hydrogen-bond donors (Lipinski definition) is 2. The molecule has 158 valence electrons. The predicted octanol–water partition coefficient (Wildman–Crippen LogP) is 2.80. The van der Waals surface area contributed by atoms with Crippen molar-refractivity contribution in [3.05, 3.63) is 59.9 Å². The fourth-order valence-corrected chi connectivity index (χ4v) is 4.55. The van der Waals surface area contributed by atoms with Gasteiger partial charge in [0, 0.05) is 44.0 Å². The summed E-state index contributed by atoms with van der Waals surface area (Å²) in [6, 6.07) is 13.8. The topological polar surface area (TPSA) is 74.3 Å². The fraction of sp³-hybridized carbons (Fsp3) is 0.458. The molecule has 2 aromatic rings. The third-order valence-corrected chi connectivity index (χ3v) is 6.33. The summed E-state index contributed by atoms with van der Waals surface area (Å²) in [7, 11) is 0. The number of nitrogens with zero attached hydrogens (tertiary/aromatic N) is 2. The van der Waals surface area contributed by atoms with Gasteiger partial charge in [0.2, 0.25) is 5.91 Å². The van der Waals surface area contributed by atoms with Crippen LogP contribution in [0.3, 0.4) is 0 Å². The Morgan fingerprint density at radius 1 is 1.00 bits per heavy atom. The zero-order valence-corrected chi connectivity index (χ0v) is 17.3. The Morgan fingerprint density at radius 2 is 1.80 bits per heavy atom. The molecule has 1 aliphatic heterocycles. The van der Waals surface area contributed by atoms with Crippen LogP contribution in [0.25, 0.3) is 0 Å². The van der Waals surface area contributed by atoms with Gasteiger partial charge in [-0.05, 0) is 61.8 Å². The van der Waals surface area contributed by atoms with E-state index in [0.717, 1.165) is 45.2 Å². The monoisotopic (exact) mass is 406 g/mol. The van der Waals surface area contributed by atoms with Crippen LogP contribution in [0.2, 0.25) is 0 Å². The Hall–Kier alpha value is -2.89. The van der Waals surface area contributed by atoms with Gasteiger partial charge in [-0.15, -0.1) is 0 Å². The number of rotatable bonds is 7. The number of carbonyl (C=O) groups excluding carboxylic acids is 2. The fourth-order valence-electron chi connectivity index (χ4n) is 4.55. The van der Waals surface area contributed by atoms with Crippen LogP contribution in [0, 0.1) is 11.8 Å². The normalized spacial score (nSPS) is 20.5. The van der Waals surface area contributed by atoms with Crippen molar-refractivity contribution in [3.63, 3.8) is 0 Å². The number of amides is 2. The third-order valence-electron chi connectivity index (χ3n) is 6.33. The standard InChI is InChI=1S/C24H30N4O2/c29-23(26-14-16-28-15-12-19-5-1-2-7-22(19)28)20-10-8-18(9-11-20)17-27-24(30)21-6-3-4-13-25-21/h1-7,13,18,20H,8-12,14-17H2,(H,26,29)(H,27,30). The van der Waals surface area contributed by atoms with E-state index in [1.807, 2.05) is 6.07 Å². The quantitative estimate of drug-likeness (QED) is 0.742. The van der Waals surface area contributed by atoms with E-state index >= 15 is 0 Å². The zero-order valence-electron chi connectivity index (χ0n) is 17.3. The SMILES string of the molecule is O=C(NCC1CCC(C(=O)NCCN2CCc3ccccc32)CC1)c1ccccn1. The molecule has 0 unspecified atom stereocenters. The Kier molecular flexibility index (Phi) is 6.62. The highest BCUT2D eigenvalue weighted by Crippen LogP contribution is 2.29. The number of aromatic nitrogens is 1. The van der Waals surface area contributed by atoms with E-state index in [4.69, 9.17) is 0 Å². The van der Waals surface area contributed by atoms with Crippen molar-refractivity contribution >= 4 is 17.5 Å². The lowest BCUT2D eigenvalue weighted by Crippen LogP contribution is -2.39. The Labute approximate surface area is 178 Å². The summed E-state index contributed by atoms with van der Waals surface area (Å²) in [5.74, 6) is 0.582. The first-order valence-corrected chi connectivity index (χ1v) is 11.0. The van der Waals surface area contributed by atoms with Gasteiger partial charge in [0.1, 0.15) is 5.69 Å². The van der Waals surface area contributed by atoms with Crippen molar-refractivity contribution in [1.82, 2.24) is 15.6 Å². The first-order chi connectivity index (χ1) is 14.7. The van der Waals surface area contributed by atoms with Gasteiger partial charge in [-0.2, -0.15) is 0 Å². The molecule has 0 saturated heterocycles. The van der Waals surface area contributed by atoms with Crippen LogP contribution in [0.15, 0.2) is 48.7 Å². The number of pyridine rings is 1. The summed E-state index contributed by atoms with van der Waals surface area (Å²) >= 11 is 0. The highest BCUT2D eigenvalue weighted by Gasteiger charge is 2.27. The maximum Gasteiger partial charge on any atom is 0.269 e. The molecule has 6 heteroatoms. The highest BCUT2D eigenvalue weighted by molar-refractivity contribution is 5.92. The van der Waals surface area contributed by atoms with Gasteiger partial charge in [-0.25, -0.2) is 0 Å². The predicted molar refractivity (Wildman–Crippen MR) is 117 cm³/mol. The van der Waals surface area contributed by atoms with Gasteiger partial charge in [0.25, 0.3) is 5.91 Å². The smallest absolute Gasteiger partial charge is 0.269 e. The minimum atomic E-state index is -0.126. The average molecular weight is 407 g/mol. The Balaban J connectivity index is 1.14. The van der Waals surface area contributed by atoms with Crippen molar-refractivity contribution < 1.29 is 9.59 Å². The third kappa shape index (κ3) is 4.99. The van der Waals surface area contributed by atoms with Crippen molar-refractivity contribution in [1.29, 1.82) is 0 Å². The molecule has 6 nitrogen and oxygen atoms in total. The van der Waals surface area contributed by atoms with Crippen LogP contribution in [-0.4, -0.2) is 43.0 Å². The molecule has 0 atom stereocenters. The van der Waals surface area contributed by atoms with Crippen LogP contribution >= 0.6 is 0 Å². The zero-order chi connectivity index (χ0) is 20.8. The van der Waals surface area contributed by atoms with Gasteiger partial charge in [-0.1, -0.05) is 24.3 Å². The summed E-state index contributed by atoms with van der Waals surface area (Å²) in [6.45, 7) is 3.23. The first kappa shape index (κ1) is 20.4. The lowest BCUT2D eigenvalue weighted by atomic mass is 9.81. The number of nitrogens with one attached hydrogen (secondary N) is 2. The van der Waals surface area contributed by atoms with Gasteiger partial charge in [0.15, 0.2) is 0 Å². The molecule has 4 rings (SSSR count). The molecule has 2 aliphatic rings. The minimum Gasteiger partial charge on any atom is -0.369 e. The number of hydrogen-bond acceptors (Lipinski definition) is 4. The van der Waals surface area contributed by atoms with E-state index in [0.29, 0.717) is 24.7 Å². The molecule has 2 N–H and O–H groups in total. The average Bonchev–Trinajstić information content (AvgIpc) is 3.21. The lowest BCUT2D eigenvalue weighted by Gasteiger charge is -2.28. The molecule has 0 spiro atoms. The number of fused-ring (bicyclic) bond motifs is 1. The van der Waals surface area contributed by atoms with E-state index in [9.17, 15) is 9.59 Å². The van der Waals surface area contributed by atoms with Crippen LogP contribution in [0.1, 0.15) is 41.7 Å². The first-order valence-electron chi connectivity index (χ1n) is 11.0. The molecule has 2 heterocycles. The summed E-state index contributed by atoms with van der Waals surface area (Å²) in [5.41, 5.74) is 3.16. The maximum atomic E-state index is 12.6. The Morgan fingerprint density at radius 3 is 2.60 bits per heavy atom. The second kappa shape index (κ2) is 9.74. The molecular weight excluding hydrogens is 376 g/mol. The second-order valence-corrected chi connectivity index (χ2v) is 8.30. The summed E-state index contributed by atoms with van der Waals surface area (Å²) < 4.78 is 0. The van der Waals surface area contributed by atoms with E-state index in [1.54, 1.807) is 18.3 Å².